The number of aliphatic hydroxyl groups is 1. The molecule has 0 aliphatic carbocycles. The summed E-state index contributed by atoms with van der Waals surface area (Å²) in [6.45, 7) is 10.6. The van der Waals surface area contributed by atoms with Crippen molar-refractivity contribution in [3.63, 3.8) is 0 Å². The Morgan fingerprint density at radius 3 is 2.35 bits per heavy atom. The molecule has 0 aromatic rings. The van der Waals surface area contributed by atoms with Gasteiger partial charge in [-0.2, -0.15) is 0 Å². The molecular formula is C12H22O5. The molecule has 0 bridgehead atoms. The molecule has 0 radical (unpaired) electrons. The lowest BCUT2D eigenvalue weighted by molar-refractivity contribution is -0.172. The number of rotatable bonds is 8. The zero-order chi connectivity index (χ0) is 13.4. The first-order valence-electron chi connectivity index (χ1n) is 5.60. The van der Waals surface area contributed by atoms with Crippen molar-refractivity contribution in [3.05, 3.63) is 12.2 Å². The van der Waals surface area contributed by atoms with Gasteiger partial charge in [0.2, 0.25) is 0 Å². The normalized spacial score (nSPS) is 14.5. The van der Waals surface area contributed by atoms with E-state index in [1.165, 1.54) is 0 Å². The first kappa shape index (κ1) is 16.1. The van der Waals surface area contributed by atoms with Crippen LogP contribution in [0.3, 0.4) is 0 Å². The van der Waals surface area contributed by atoms with Crippen LogP contribution in [-0.2, 0) is 19.0 Å². The molecule has 5 heteroatoms. The summed E-state index contributed by atoms with van der Waals surface area (Å²) in [4.78, 5) is 11.1. The SMILES string of the molecule is C=C(C)C(=O)OCC(C)OCC(O)OC(C)C. The minimum atomic E-state index is -0.964. The van der Waals surface area contributed by atoms with E-state index in [0.29, 0.717) is 5.57 Å². The largest absolute Gasteiger partial charge is 0.460 e. The summed E-state index contributed by atoms with van der Waals surface area (Å²) in [6, 6.07) is 0. The van der Waals surface area contributed by atoms with E-state index >= 15 is 0 Å². The van der Waals surface area contributed by atoms with E-state index in [9.17, 15) is 9.90 Å². The van der Waals surface area contributed by atoms with E-state index in [4.69, 9.17) is 14.2 Å². The highest BCUT2D eigenvalue weighted by Gasteiger charge is 2.12. The summed E-state index contributed by atoms with van der Waals surface area (Å²) in [5, 5.41) is 9.37. The number of carbonyl (C=O) groups is 1. The molecule has 0 saturated carbocycles. The predicted molar refractivity (Wildman–Crippen MR) is 63.4 cm³/mol. The Labute approximate surface area is 102 Å². The minimum absolute atomic E-state index is 0.0456. The molecular weight excluding hydrogens is 224 g/mol. The lowest BCUT2D eigenvalue weighted by Crippen LogP contribution is -2.27. The van der Waals surface area contributed by atoms with Crippen LogP contribution < -0.4 is 0 Å². The van der Waals surface area contributed by atoms with Crippen LogP contribution in [-0.4, -0.2) is 42.8 Å². The summed E-state index contributed by atoms with van der Waals surface area (Å²) >= 11 is 0. The van der Waals surface area contributed by atoms with Gasteiger partial charge in [-0.1, -0.05) is 6.58 Å². The Kier molecular flexibility index (Phi) is 7.78. The number of carbonyl (C=O) groups excluding carboxylic acids is 1. The second-order valence-electron chi connectivity index (χ2n) is 4.16. The smallest absolute Gasteiger partial charge is 0.333 e. The molecule has 0 spiro atoms. The Hall–Kier alpha value is -0.910. The first-order valence-corrected chi connectivity index (χ1v) is 5.60. The third-order valence-corrected chi connectivity index (χ3v) is 1.75. The summed E-state index contributed by atoms with van der Waals surface area (Å²) in [7, 11) is 0. The van der Waals surface area contributed by atoms with Gasteiger partial charge in [0.1, 0.15) is 6.61 Å². The van der Waals surface area contributed by atoms with Crippen molar-refractivity contribution in [2.75, 3.05) is 13.2 Å². The second-order valence-corrected chi connectivity index (χ2v) is 4.16. The molecule has 0 rings (SSSR count). The summed E-state index contributed by atoms with van der Waals surface area (Å²) in [6.07, 6.45) is -1.33. The molecule has 2 atom stereocenters. The maximum atomic E-state index is 11.1. The van der Waals surface area contributed by atoms with Crippen LogP contribution in [0.2, 0.25) is 0 Å². The van der Waals surface area contributed by atoms with Gasteiger partial charge in [0.05, 0.1) is 18.8 Å². The van der Waals surface area contributed by atoms with E-state index in [1.54, 1.807) is 13.8 Å². The molecule has 0 aliphatic heterocycles. The maximum Gasteiger partial charge on any atom is 0.333 e. The quantitative estimate of drug-likeness (QED) is 0.397. The summed E-state index contributed by atoms with van der Waals surface area (Å²) in [5.74, 6) is -0.445. The zero-order valence-corrected chi connectivity index (χ0v) is 10.9. The van der Waals surface area contributed by atoms with Crippen LogP contribution in [0.25, 0.3) is 0 Å². The van der Waals surface area contributed by atoms with Crippen LogP contribution >= 0.6 is 0 Å². The Morgan fingerprint density at radius 1 is 1.29 bits per heavy atom. The van der Waals surface area contributed by atoms with Gasteiger partial charge in [-0.05, 0) is 27.7 Å². The summed E-state index contributed by atoms with van der Waals surface area (Å²) in [5.41, 5.74) is 0.348. The van der Waals surface area contributed by atoms with E-state index in [-0.39, 0.29) is 25.4 Å². The molecule has 1 N–H and O–H groups in total. The van der Waals surface area contributed by atoms with Crippen LogP contribution in [0.4, 0.5) is 0 Å². The van der Waals surface area contributed by atoms with Gasteiger partial charge in [-0.3, -0.25) is 0 Å². The van der Waals surface area contributed by atoms with E-state index < -0.39 is 12.3 Å². The monoisotopic (exact) mass is 246 g/mol. The molecule has 100 valence electrons. The lowest BCUT2D eigenvalue weighted by atomic mass is 10.3. The predicted octanol–water partition coefficient (Wildman–Crippen LogP) is 1.25. The van der Waals surface area contributed by atoms with Crippen LogP contribution in [0.5, 0.6) is 0 Å². The van der Waals surface area contributed by atoms with Crippen molar-refractivity contribution in [1.82, 2.24) is 0 Å². The van der Waals surface area contributed by atoms with E-state index in [0.717, 1.165) is 0 Å². The topological polar surface area (TPSA) is 65.0 Å². The van der Waals surface area contributed by atoms with Gasteiger partial charge >= 0.3 is 5.97 Å². The van der Waals surface area contributed by atoms with Gasteiger partial charge in [0.25, 0.3) is 0 Å². The molecule has 17 heavy (non-hydrogen) atoms. The third kappa shape index (κ3) is 8.85. The molecule has 0 saturated heterocycles. The van der Waals surface area contributed by atoms with Crippen molar-refractivity contribution in [2.24, 2.45) is 0 Å². The van der Waals surface area contributed by atoms with Crippen LogP contribution in [0.1, 0.15) is 27.7 Å². The highest BCUT2D eigenvalue weighted by atomic mass is 16.6. The number of hydrogen-bond acceptors (Lipinski definition) is 5. The van der Waals surface area contributed by atoms with Crippen molar-refractivity contribution >= 4 is 5.97 Å². The number of aliphatic hydroxyl groups excluding tert-OH is 1. The number of ether oxygens (including phenoxy) is 3. The van der Waals surface area contributed by atoms with Crippen molar-refractivity contribution in [3.8, 4) is 0 Å². The summed E-state index contributed by atoms with van der Waals surface area (Å²) < 4.78 is 15.2. The molecule has 0 aliphatic rings. The average Bonchev–Trinajstić information content (AvgIpc) is 2.21. The molecule has 0 aromatic carbocycles. The standard InChI is InChI=1S/C12H22O5/c1-8(2)12(14)16-6-10(5)15-7-11(13)17-9(3)4/h9-11,13H,1,6-7H2,2-5H3. The van der Waals surface area contributed by atoms with Gasteiger partial charge < -0.3 is 19.3 Å². The molecule has 0 fully saturated rings. The fraction of sp³-hybridized carbons (Fsp3) is 0.750. The van der Waals surface area contributed by atoms with Crippen molar-refractivity contribution in [1.29, 1.82) is 0 Å². The van der Waals surface area contributed by atoms with Gasteiger partial charge in [0.15, 0.2) is 6.29 Å². The first-order chi connectivity index (χ1) is 7.82. The fourth-order valence-electron chi connectivity index (χ4n) is 0.964. The third-order valence-electron chi connectivity index (χ3n) is 1.75. The van der Waals surface area contributed by atoms with Gasteiger partial charge in [0, 0.05) is 5.57 Å². The Balaban J connectivity index is 3.69. The van der Waals surface area contributed by atoms with E-state index in [2.05, 4.69) is 6.58 Å². The second kappa shape index (κ2) is 8.22. The van der Waals surface area contributed by atoms with Crippen LogP contribution in [0.15, 0.2) is 12.2 Å². The van der Waals surface area contributed by atoms with Gasteiger partial charge in [-0.25, -0.2) is 4.79 Å². The number of esters is 1. The van der Waals surface area contributed by atoms with Crippen LogP contribution in [0, 0.1) is 0 Å². The highest BCUT2D eigenvalue weighted by molar-refractivity contribution is 5.86. The fourth-order valence-corrected chi connectivity index (χ4v) is 0.964. The van der Waals surface area contributed by atoms with E-state index in [1.807, 2.05) is 13.8 Å². The Bertz CT molecular complexity index is 249. The maximum absolute atomic E-state index is 11.1. The number of hydrogen-bond donors (Lipinski definition) is 1. The zero-order valence-electron chi connectivity index (χ0n) is 10.9. The molecule has 0 heterocycles. The van der Waals surface area contributed by atoms with Crippen molar-refractivity contribution < 1.29 is 24.1 Å². The minimum Gasteiger partial charge on any atom is -0.460 e. The molecule has 0 aromatic heterocycles. The average molecular weight is 246 g/mol. The molecule has 0 amide bonds. The highest BCUT2D eigenvalue weighted by Crippen LogP contribution is 2.00. The van der Waals surface area contributed by atoms with Crippen molar-refractivity contribution in [2.45, 2.75) is 46.2 Å². The molecule has 2 unspecified atom stereocenters. The lowest BCUT2D eigenvalue weighted by Gasteiger charge is -2.18. The Morgan fingerprint density at radius 2 is 1.88 bits per heavy atom. The molecule has 5 nitrogen and oxygen atoms in total. The van der Waals surface area contributed by atoms with Gasteiger partial charge in [-0.15, -0.1) is 0 Å².